The Labute approximate surface area is 121 Å². The molecule has 1 N–H and O–H groups in total. The van der Waals surface area contributed by atoms with Gasteiger partial charge in [0, 0.05) is 10.5 Å². The average molecular weight is 342 g/mol. The van der Waals surface area contributed by atoms with Crippen molar-refractivity contribution in [2.24, 2.45) is 0 Å². The van der Waals surface area contributed by atoms with Crippen LogP contribution in [0.5, 0.6) is 11.5 Å². The molecule has 0 spiro atoms. The van der Waals surface area contributed by atoms with E-state index in [0.29, 0.717) is 10.0 Å². The molecule has 0 fully saturated rings. The molecule has 5 nitrogen and oxygen atoms in total. The van der Waals surface area contributed by atoms with Crippen LogP contribution in [-0.2, 0) is 6.61 Å². The summed E-state index contributed by atoms with van der Waals surface area (Å²) >= 11 is 3.12. The molecule has 0 aliphatic carbocycles. The van der Waals surface area contributed by atoms with E-state index < -0.39 is 10.7 Å². The molecule has 2 rings (SSSR count). The molecular formula is C13H9BrFNO4. The molecule has 7 heteroatoms. The van der Waals surface area contributed by atoms with Gasteiger partial charge in [-0.25, -0.2) is 4.39 Å². The first-order chi connectivity index (χ1) is 9.51. The van der Waals surface area contributed by atoms with E-state index in [9.17, 15) is 14.5 Å². The second-order valence-corrected chi connectivity index (χ2v) is 4.81. The highest BCUT2D eigenvalue weighted by atomic mass is 79.9. The SMILES string of the molecule is O=[N+]([O-])c1cc(Br)ccc1Oc1ccc(CO)cc1F. The highest BCUT2D eigenvalue weighted by molar-refractivity contribution is 9.10. The number of ether oxygens (including phenoxy) is 1. The van der Waals surface area contributed by atoms with Crippen molar-refractivity contribution >= 4 is 21.6 Å². The molecule has 20 heavy (non-hydrogen) atoms. The van der Waals surface area contributed by atoms with Crippen LogP contribution in [0.25, 0.3) is 0 Å². The van der Waals surface area contributed by atoms with Crippen molar-refractivity contribution in [3.63, 3.8) is 0 Å². The number of rotatable bonds is 4. The average Bonchev–Trinajstić information content (AvgIpc) is 2.42. The topological polar surface area (TPSA) is 72.6 Å². The number of halogens is 2. The van der Waals surface area contributed by atoms with Crippen molar-refractivity contribution in [1.82, 2.24) is 0 Å². The van der Waals surface area contributed by atoms with Gasteiger partial charge in [-0.1, -0.05) is 22.0 Å². The van der Waals surface area contributed by atoms with Crippen LogP contribution in [0.3, 0.4) is 0 Å². The molecule has 0 aliphatic heterocycles. The Morgan fingerprint density at radius 1 is 1.25 bits per heavy atom. The van der Waals surface area contributed by atoms with Gasteiger partial charge < -0.3 is 9.84 Å². The predicted octanol–water partition coefficient (Wildman–Crippen LogP) is 3.78. The van der Waals surface area contributed by atoms with Crippen molar-refractivity contribution in [3.05, 3.63) is 62.4 Å². The molecule has 2 aromatic carbocycles. The van der Waals surface area contributed by atoms with Crippen molar-refractivity contribution < 1.29 is 19.2 Å². The summed E-state index contributed by atoms with van der Waals surface area (Å²) in [5, 5.41) is 19.8. The lowest BCUT2D eigenvalue weighted by atomic mass is 10.2. The highest BCUT2D eigenvalue weighted by Crippen LogP contribution is 2.34. The smallest absolute Gasteiger partial charge is 0.312 e. The quantitative estimate of drug-likeness (QED) is 0.678. The summed E-state index contributed by atoms with van der Waals surface area (Å²) in [6, 6.07) is 8.11. The van der Waals surface area contributed by atoms with Crippen molar-refractivity contribution in [3.8, 4) is 11.5 Å². The number of nitrogens with zero attached hydrogens (tertiary/aromatic N) is 1. The van der Waals surface area contributed by atoms with Crippen LogP contribution in [0.4, 0.5) is 10.1 Å². The van der Waals surface area contributed by atoms with E-state index in [4.69, 9.17) is 9.84 Å². The number of aliphatic hydroxyl groups excluding tert-OH is 1. The van der Waals surface area contributed by atoms with Gasteiger partial charge >= 0.3 is 5.69 Å². The molecule has 0 heterocycles. The minimum absolute atomic E-state index is 0.0613. The normalized spacial score (nSPS) is 10.3. The summed E-state index contributed by atoms with van der Waals surface area (Å²) in [6.45, 7) is -0.296. The maximum atomic E-state index is 13.7. The lowest BCUT2D eigenvalue weighted by molar-refractivity contribution is -0.385. The molecule has 0 saturated heterocycles. The summed E-state index contributed by atoms with van der Waals surface area (Å²) in [5.41, 5.74) is 0.116. The summed E-state index contributed by atoms with van der Waals surface area (Å²) in [6.07, 6.45) is 0. The minimum atomic E-state index is -0.700. The zero-order chi connectivity index (χ0) is 14.7. The van der Waals surface area contributed by atoms with Crippen molar-refractivity contribution in [2.75, 3.05) is 0 Å². The molecule has 0 unspecified atom stereocenters. The number of aliphatic hydroxyl groups is 1. The fourth-order valence-corrected chi connectivity index (χ4v) is 1.91. The third-order valence-corrected chi connectivity index (χ3v) is 3.01. The Kier molecular flexibility index (Phi) is 4.31. The number of nitro groups is 1. The van der Waals surface area contributed by atoms with Crippen molar-refractivity contribution in [2.45, 2.75) is 6.61 Å². The number of nitro benzene ring substituents is 1. The van der Waals surface area contributed by atoms with E-state index in [2.05, 4.69) is 15.9 Å². The standard InChI is InChI=1S/C13H9BrFNO4/c14-9-2-4-13(11(6-9)16(18)19)20-12-3-1-8(7-17)5-10(12)15/h1-6,17H,7H2. The second kappa shape index (κ2) is 5.98. The van der Waals surface area contributed by atoms with Gasteiger partial charge in [-0.15, -0.1) is 0 Å². The first kappa shape index (κ1) is 14.4. The third kappa shape index (κ3) is 3.12. The van der Waals surface area contributed by atoms with Crippen LogP contribution < -0.4 is 4.74 Å². The zero-order valence-corrected chi connectivity index (χ0v) is 11.6. The summed E-state index contributed by atoms with van der Waals surface area (Å²) in [4.78, 5) is 10.3. The van der Waals surface area contributed by atoms with Gasteiger partial charge in [0.1, 0.15) is 0 Å². The predicted molar refractivity (Wildman–Crippen MR) is 73.2 cm³/mol. The van der Waals surface area contributed by atoms with Crippen LogP contribution in [0.1, 0.15) is 5.56 Å². The van der Waals surface area contributed by atoms with E-state index in [-0.39, 0.29) is 23.8 Å². The Morgan fingerprint density at radius 2 is 1.95 bits per heavy atom. The van der Waals surface area contributed by atoms with Gasteiger partial charge in [-0.2, -0.15) is 0 Å². The van der Waals surface area contributed by atoms with Crippen LogP contribution in [-0.4, -0.2) is 10.0 Å². The monoisotopic (exact) mass is 341 g/mol. The van der Waals surface area contributed by atoms with Crippen LogP contribution in [0, 0.1) is 15.9 Å². The Bertz CT molecular complexity index is 663. The lowest BCUT2D eigenvalue weighted by Crippen LogP contribution is -1.95. The fraction of sp³-hybridized carbons (Fsp3) is 0.0769. The lowest BCUT2D eigenvalue weighted by Gasteiger charge is -2.08. The molecule has 0 aliphatic rings. The minimum Gasteiger partial charge on any atom is -0.447 e. The highest BCUT2D eigenvalue weighted by Gasteiger charge is 2.17. The van der Waals surface area contributed by atoms with E-state index >= 15 is 0 Å². The van der Waals surface area contributed by atoms with Gasteiger partial charge in [-0.3, -0.25) is 10.1 Å². The van der Waals surface area contributed by atoms with Gasteiger partial charge in [0.05, 0.1) is 11.5 Å². The maximum absolute atomic E-state index is 13.7. The number of hydrogen-bond acceptors (Lipinski definition) is 4. The molecule has 2 aromatic rings. The summed E-state index contributed by atoms with van der Waals surface area (Å²) < 4.78 is 19.5. The largest absolute Gasteiger partial charge is 0.447 e. The van der Waals surface area contributed by atoms with E-state index in [1.165, 1.54) is 24.3 Å². The molecular weight excluding hydrogens is 333 g/mol. The molecule has 0 bridgehead atoms. The maximum Gasteiger partial charge on any atom is 0.312 e. The summed E-state index contributed by atoms with van der Waals surface area (Å²) in [5.74, 6) is -0.907. The summed E-state index contributed by atoms with van der Waals surface area (Å²) in [7, 11) is 0. The van der Waals surface area contributed by atoms with Crippen LogP contribution in [0.2, 0.25) is 0 Å². The molecule has 0 saturated carbocycles. The Hall–Kier alpha value is -1.99. The molecule has 0 aromatic heterocycles. The number of benzene rings is 2. The second-order valence-electron chi connectivity index (χ2n) is 3.89. The third-order valence-electron chi connectivity index (χ3n) is 2.52. The van der Waals surface area contributed by atoms with Crippen molar-refractivity contribution in [1.29, 1.82) is 0 Å². The molecule has 0 amide bonds. The zero-order valence-electron chi connectivity index (χ0n) is 10.0. The van der Waals surface area contributed by atoms with E-state index in [1.807, 2.05) is 0 Å². The number of hydrogen-bond donors (Lipinski definition) is 1. The van der Waals surface area contributed by atoms with Gasteiger partial charge in [0.25, 0.3) is 0 Å². The first-order valence-electron chi connectivity index (χ1n) is 5.52. The van der Waals surface area contributed by atoms with E-state index in [0.717, 1.165) is 6.07 Å². The Balaban J connectivity index is 2.37. The molecule has 104 valence electrons. The molecule has 0 atom stereocenters. The fourth-order valence-electron chi connectivity index (χ4n) is 1.56. The van der Waals surface area contributed by atoms with Crippen LogP contribution in [0.15, 0.2) is 40.9 Å². The van der Waals surface area contributed by atoms with Gasteiger partial charge in [0.15, 0.2) is 11.6 Å². The Morgan fingerprint density at radius 3 is 2.55 bits per heavy atom. The van der Waals surface area contributed by atoms with E-state index in [1.54, 1.807) is 6.07 Å². The van der Waals surface area contributed by atoms with Crippen LogP contribution >= 0.6 is 15.9 Å². The first-order valence-corrected chi connectivity index (χ1v) is 6.31. The van der Waals surface area contributed by atoms with Gasteiger partial charge in [-0.05, 0) is 29.8 Å². The molecule has 0 radical (unpaired) electrons. The van der Waals surface area contributed by atoms with Gasteiger partial charge in [0.2, 0.25) is 5.75 Å².